The fourth-order valence-corrected chi connectivity index (χ4v) is 3.17. The molecule has 0 aliphatic heterocycles. The number of carbonyl (C=O) groups is 2. The Hall–Kier alpha value is -3.75. The first-order chi connectivity index (χ1) is 15.3. The molecule has 0 aliphatic rings. The highest BCUT2D eigenvalue weighted by Gasteiger charge is 2.24. The number of ether oxygens (including phenoxy) is 2. The molecule has 0 aliphatic carbocycles. The third-order valence-corrected chi connectivity index (χ3v) is 4.60. The van der Waals surface area contributed by atoms with Gasteiger partial charge >= 0.3 is 5.97 Å². The number of benzene rings is 1. The van der Waals surface area contributed by atoms with Gasteiger partial charge in [-0.25, -0.2) is 4.98 Å². The molecule has 32 heavy (non-hydrogen) atoms. The van der Waals surface area contributed by atoms with Crippen LogP contribution in [0.25, 0.3) is 11.5 Å². The minimum absolute atomic E-state index is 0.0281. The topological polar surface area (TPSA) is 116 Å². The van der Waals surface area contributed by atoms with Crippen molar-refractivity contribution in [3.63, 3.8) is 0 Å². The van der Waals surface area contributed by atoms with E-state index in [2.05, 4.69) is 26.6 Å². The van der Waals surface area contributed by atoms with Crippen LogP contribution in [0.3, 0.4) is 0 Å². The van der Waals surface area contributed by atoms with E-state index in [1.165, 1.54) is 19.4 Å². The molecular formula is C23H26N4O5. The van der Waals surface area contributed by atoms with Crippen molar-refractivity contribution in [3.05, 3.63) is 53.2 Å². The number of hydrogen-bond donors (Lipinski definition) is 1. The van der Waals surface area contributed by atoms with Crippen LogP contribution < -0.4 is 14.8 Å². The van der Waals surface area contributed by atoms with Gasteiger partial charge in [-0.2, -0.15) is 0 Å². The first-order valence-corrected chi connectivity index (χ1v) is 10.3. The second-order valence-corrected chi connectivity index (χ2v) is 7.43. The highest BCUT2D eigenvalue weighted by Crippen LogP contribution is 2.30. The highest BCUT2D eigenvalue weighted by atomic mass is 16.6. The maximum absolute atomic E-state index is 12.9. The van der Waals surface area contributed by atoms with Crippen LogP contribution in [0.15, 0.2) is 34.9 Å². The first kappa shape index (κ1) is 22.9. The second-order valence-electron chi connectivity index (χ2n) is 7.43. The molecule has 0 bridgehead atoms. The Morgan fingerprint density at radius 2 is 1.88 bits per heavy atom. The van der Waals surface area contributed by atoms with Gasteiger partial charge in [-0.15, -0.1) is 10.2 Å². The van der Waals surface area contributed by atoms with Gasteiger partial charge in [0.2, 0.25) is 17.5 Å². The van der Waals surface area contributed by atoms with Gasteiger partial charge in [0, 0.05) is 24.2 Å². The standard InChI is InChI=1S/C23H26N4O5/c1-6-7-18(28)31-20-17(30-5)8-9-24-19(20)21(29)25-15(4)22-26-27-23(32-22)16-11-13(2)10-14(3)12-16/h8-12,15H,6-7H2,1-5H3,(H,25,29)/t15-/m0/s1. The second kappa shape index (κ2) is 10.0. The lowest BCUT2D eigenvalue weighted by Gasteiger charge is -2.14. The van der Waals surface area contributed by atoms with E-state index < -0.39 is 17.9 Å². The van der Waals surface area contributed by atoms with Crippen molar-refractivity contribution < 1.29 is 23.5 Å². The number of nitrogens with one attached hydrogen (secondary N) is 1. The number of rotatable bonds is 8. The normalized spacial score (nSPS) is 11.7. The van der Waals surface area contributed by atoms with Crippen LogP contribution >= 0.6 is 0 Å². The van der Waals surface area contributed by atoms with Crippen LogP contribution in [0.1, 0.15) is 60.2 Å². The monoisotopic (exact) mass is 438 g/mol. The molecular weight excluding hydrogens is 412 g/mol. The average molecular weight is 438 g/mol. The zero-order valence-corrected chi connectivity index (χ0v) is 18.8. The molecule has 1 amide bonds. The Bertz CT molecular complexity index is 1110. The maximum Gasteiger partial charge on any atom is 0.311 e. The molecule has 1 aromatic carbocycles. The van der Waals surface area contributed by atoms with Crippen molar-refractivity contribution in [1.82, 2.24) is 20.5 Å². The fraction of sp³-hybridized carbons (Fsp3) is 0.348. The van der Waals surface area contributed by atoms with Crippen LogP contribution in [-0.4, -0.2) is 34.2 Å². The maximum atomic E-state index is 12.9. The predicted octanol–water partition coefficient (Wildman–Crippen LogP) is 3.95. The lowest BCUT2D eigenvalue weighted by atomic mass is 10.1. The summed E-state index contributed by atoms with van der Waals surface area (Å²) in [7, 11) is 1.42. The molecule has 9 nitrogen and oxygen atoms in total. The molecule has 0 fully saturated rings. The molecule has 0 spiro atoms. The van der Waals surface area contributed by atoms with Gasteiger partial charge in [0.05, 0.1) is 7.11 Å². The molecule has 0 saturated heterocycles. The molecule has 1 atom stereocenters. The summed E-state index contributed by atoms with van der Waals surface area (Å²) >= 11 is 0. The third kappa shape index (κ3) is 5.29. The minimum Gasteiger partial charge on any atom is -0.493 e. The van der Waals surface area contributed by atoms with Crippen molar-refractivity contribution >= 4 is 11.9 Å². The molecule has 168 valence electrons. The van der Waals surface area contributed by atoms with Crippen LogP contribution in [0.5, 0.6) is 11.5 Å². The van der Waals surface area contributed by atoms with Gasteiger partial charge in [-0.3, -0.25) is 9.59 Å². The van der Waals surface area contributed by atoms with E-state index in [-0.39, 0.29) is 29.5 Å². The van der Waals surface area contributed by atoms with Gasteiger partial charge in [0.25, 0.3) is 5.91 Å². The van der Waals surface area contributed by atoms with Gasteiger partial charge < -0.3 is 19.2 Å². The van der Waals surface area contributed by atoms with Crippen molar-refractivity contribution in [2.24, 2.45) is 0 Å². The van der Waals surface area contributed by atoms with E-state index in [9.17, 15) is 9.59 Å². The number of nitrogens with zero attached hydrogens (tertiary/aromatic N) is 3. The van der Waals surface area contributed by atoms with Crippen molar-refractivity contribution in [2.75, 3.05) is 7.11 Å². The first-order valence-electron chi connectivity index (χ1n) is 10.3. The van der Waals surface area contributed by atoms with Crippen molar-refractivity contribution in [2.45, 2.75) is 46.6 Å². The minimum atomic E-state index is -0.609. The van der Waals surface area contributed by atoms with E-state index in [0.717, 1.165) is 16.7 Å². The zero-order chi connectivity index (χ0) is 23.3. The molecule has 1 N–H and O–H groups in total. The summed E-state index contributed by atoms with van der Waals surface area (Å²) in [5, 5.41) is 10.9. The summed E-state index contributed by atoms with van der Waals surface area (Å²) in [6.07, 6.45) is 2.22. The number of amides is 1. The molecule has 0 unspecified atom stereocenters. The predicted molar refractivity (Wildman–Crippen MR) is 116 cm³/mol. The Morgan fingerprint density at radius 3 is 2.53 bits per heavy atom. The van der Waals surface area contributed by atoms with Crippen molar-refractivity contribution in [1.29, 1.82) is 0 Å². The number of carbonyl (C=O) groups excluding carboxylic acids is 2. The Balaban J connectivity index is 1.80. The summed E-state index contributed by atoms with van der Waals surface area (Å²) in [6, 6.07) is 6.86. The number of aromatic nitrogens is 3. The number of pyridine rings is 1. The van der Waals surface area contributed by atoms with Crippen LogP contribution in [-0.2, 0) is 4.79 Å². The SMILES string of the molecule is CCCC(=O)Oc1c(OC)ccnc1C(=O)N[C@@H](C)c1nnc(-c2cc(C)cc(C)c2)o1. The molecule has 0 radical (unpaired) electrons. The fourth-order valence-electron chi connectivity index (χ4n) is 3.17. The van der Waals surface area contributed by atoms with E-state index in [1.54, 1.807) is 6.92 Å². The summed E-state index contributed by atoms with van der Waals surface area (Å²) < 4.78 is 16.4. The lowest BCUT2D eigenvalue weighted by Crippen LogP contribution is -2.28. The van der Waals surface area contributed by atoms with Crippen molar-refractivity contribution in [3.8, 4) is 23.0 Å². The molecule has 3 aromatic rings. The molecule has 2 aromatic heterocycles. The summed E-state index contributed by atoms with van der Waals surface area (Å²) in [6.45, 7) is 7.54. The van der Waals surface area contributed by atoms with Gasteiger partial charge in [0.1, 0.15) is 6.04 Å². The number of aryl methyl sites for hydroxylation is 2. The summed E-state index contributed by atoms with van der Waals surface area (Å²) in [5.41, 5.74) is 2.89. The van der Waals surface area contributed by atoms with E-state index in [4.69, 9.17) is 13.9 Å². The highest BCUT2D eigenvalue weighted by molar-refractivity contribution is 5.96. The Labute approximate surface area is 186 Å². The quantitative estimate of drug-likeness (QED) is 0.526. The average Bonchev–Trinajstić information content (AvgIpc) is 3.24. The number of esters is 1. The zero-order valence-electron chi connectivity index (χ0n) is 18.8. The number of hydrogen-bond acceptors (Lipinski definition) is 8. The molecule has 9 heteroatoms. The van der Waals surface area contributed by atoms with Gasteiger partial charge in [0.15, 0.2) is 11.4 Å². The van der Waals surface area contributed by atoms with E-state index >= 15 is 0 Å². The number of methoxy groups -OCH3 is 1. The van der Waals surface area contributed by atoms with Crippen LogP contribution in [0, 0.1) is 13.8 Å². The smallest absolute Gasteiger partial charge is 0.311 e. The van der Waals surface area contributed by atoms with E-state index in [0.29, 0.717) is 12.3 Å². The van der Waals surface area contributed by atoms with E-state index in [1.807, 2.05) is 32.9 Å². The summed E-state index contributed by atoms with van der Waals surface area (Å²) in [4.78, 5) is 29.0. The molecule has 3 rings (SSSR count). The largest absolute Gasteiger partial charge is 0.493 e. The Morgan fingerprint density at radius 1 is 1.16 bits per heavy atom. The Kier molecular flexibility index (Phi) is 7.19. The summed E-state index contributed by atoms with van der Waals surface area (Å²) in [5.74, 6) is -0.240. The van der Waals surface area contributed by atoms with Crippen LogP contribution in [0.2, 0.25) is 0 Å². The van der Waals surface area contributed by atoms with Gasteiger partial charge in [-0.05, 0) is 39.3 Å². The van der Waals surface area contributed by atoms with Crippen LogP contribution in [0.4, 0.5) is 0 Å². The third-order valence-electron chi connectivity index (χ3n) is 4.60. The molecule has 2 heterocycles. The molecule has 0 saturated carbocycles. The van der Waals surface area contributed by atoms with Gasteiger partial charge in [-0.1, -0.05) is 24.1 Å². The lowest BCUT2D eigenvalue weighted by molar-refractivity contribution is -0.134.